The van der Waals surface area contributed by atoms with Gasteiger partial charge in [-0.2, -0.15) is 0 Å². The molecule has 1 aromatic heterocycles. The summed E-state index contributed by atoms with van der Waals surface area (Å²) in [5, 5.41) is 12.1. The molecule has 0 radical (unpaired) electrons. The lowest BCUT2D eigenvalue weighted by atomic mass is 9.89. The molecule has 0 saturated carbocycles. The number of amides is 1. The maximum atomic E-state index is 14.0. The number of nitrogens with zero attached hydrogens (tertiary/aromatic N) is 1. The number of anilines is 1. The Hall–Kier alpha value is -4.30. The van der Waals surface area contributed by atoms with Crippen molar-refractivity contribution in [2.24, 2.45) is 5.41 Å². The summed E-state index contributed by atoms with van der Waals surface area (Å²) in [5.74, 6) is -0.777. The fraction of sp³-hybridized carbons (Fsp3) is 0.303. The summed E-state index contributed by atoms with van der Waals surface area (Å²) in [6.45, 7) is 6.76. The Morgan fingerprint density at radius 2 is 1.71 bits per heavy atom. The lowest BCUT2D eigenvalue weighted by Crippen LogP contribution is -2.28. The number of ether oxygens (including phenoxy) is 2. The van der Waals surface area contributed by atoms with Crippen LogP contribution in [0.1, 0.15) is 61.1 Å². The molecule has 3 aromatic carbocycles. The number of rotatable bonds is 6. The van der Waals surface area contributed by atoms with Gasteiger partial charge in [0.1, 0.15) is 5.82 Å². The Labute approximate surface area is 238 Å². The van der Waals surface area contributed by atoms with Gasteiger partial charge in [-0.05, 0) is 66.9 Å². The van der Waals surface area contributed by atoms with Gasteiger partial charge in [-0.3, -0.25) is 4.79 Å². The van der Waals surface area contributed by atoms with Gasteiger partial charge in [0, 0.05) is 58.7 Å². The largest absolute Gasteiger partial charge is 0.465 e. The number of esters is 1. The zero-order valence-corrected chi connectivity index (χ0v) is 23.7. The smallest absolute Gasteiger partial charge is 0.337 e. The number of hydrogen-bond donors (Lipinski definition) is 2. The van der Waals surface area contributed by atoms with Crippen molar-refractivity contribution < 1.29 is 23.5 Å². The highest BCUT2D eigenvalue weighted by molar-refractivity contribution is 6.08. The Morgan fingerprint density at radius 3 is 2.29 bits per heavy atom. The van der Waals surface area contributed by atoms with Gasteiger partial charge in [0.05, 0.1) is 23.9 Å². The van der Waals surface area contributed by atoms with Crippen LogP contribution in [0.3, 0.4) is 0 Å². The van der Waals surface area contributed by atoms with E-state index in [1.165, 1.54) is 25.5 Å². The second-order valence-electron chi connectivity index (χ2n) is 11.3. The second-order valence-corrected chi connectivity index (χ2v) is 11.3. The van der Waals surface area contributed by atoms with Crippen LogP contribution in [0.4, 0.5) is 10.1 Å². The minimum absolute atomic E-state index is 0.132. The number of aromatic nitrogens is 1. The molecule has 1 fully saturated rings. The van der Waals surface area contributed by atoms with Gasteiger partial charge >= 0.3 is 5.97 Å². The van der Waals surface area contributed by atoms with Gasteiger partial charge in [0.25, 0.3) is 0 Å². The number of halogens is 1. The first-order chi connectivity index (χ1) is 19.6. The summed E-state index contributed by atoms with van der Waals surface area (Å²) in [5.41, 5.74) is 5.41. The Kier molecular flexibility index (Phi) is 7.78. The van der Waals surface area contributed by atoms with E-state index in [0.29, 0.717) is 30.0 Å². The van der Waals surface area contributed by atoms with Crippen molar-refractivity contribution in [1.29, 1.82) is 5.41 Å². The molecule has 0 bridgehead atoms. The third-order valence-electron chi connectivity index (χ3n) is 7.55. The molecule has 212 valence electrons. The zero-order chi connectivity index (χ0) is 29.3. The summed E-state index contributed by atoms with van der Waals surface area (Å²) < 4.78 is 26.8. The average Bonchev–Trinajstić information content (AvgIpc) is 3.30. The van der Waals surface area contributed by atoms with Crippen molar-refractivity contribution in [2.75, 3.05) is 25.6 Å². The number of nitrogens with one attached hydrogen (secondary N) is 2. The normalized spacial score (nSPS) is 14.2. The highest BCUT2D eigenvalue weighted by Crippen LogP contribution is 2.45. The van der Waals surface area contributed by atoms with E-state index in [-0.39, 0.29) is 17.6 Å². The molecule has 4 aromatic rings. The van der Waals surface area contributed by atoms with Gasteiger partial charge in [0.15, 0.2) is 0 Å². The lowest BCUT2D eigenvalue weighted by Gasteiger charge is -2.26. The zero-order valence-electron chi connectivity index (χ0n) is 23.7. The van der Waals surface area contributed by atoms with E-state index in [0.717, 1.165) is 46.3 Å². The molecule has 1 amide bonds. The third kappa shape index (κ3) is 5.52. The van der Waals surface area contributed by atoms with Crippen LogP contribution in [0.25, 0.3) is 27.7 Å². The number of hydrogen-bond acceptors (Lipinski definition) is 5. The minimum Gasteiger partial charge on any atom is -0.465 e. The number of methoxy groups -OCH3 is 1. The molecule has 41 heavy (non-hydrogen) atoms. The van der Waals surface area contributed by atoms with Crippen LogP contribution in [0.15, 0.2) is 60.7 Å². The standard InChI is InChI=1S/C33H34FN3O4/c1-33(2,3)32(39)36-27-18-26-28(17-23(27)19-35)37(25-11-9-24(34)10-12-25)30(21-13-15-41-16-14-21)29(26)20-5-7-22(8-6-20)31(38)40-4/h5-12,17-19,21,35H,13-16H2,1-4H3,(H,36,39). The predicted octanol–water partition coefficient (Wildman–Crippen LogP) is 7.10. The summed E-state index contributed by atoms with van der Waals surface area (Å²) in [4.78, 5) is 25.2. The van der Waals surface area contributed by atoms with E-state index in [4.69, 9.17) is 14.9 Å². The topological polar surface area (TPSA) is 93.4 Å². The van der Waals surface area contributed by atoms with Crippen molar-refractivity contribution in [3.05, 3.63) is 83.3 Å². The van der Waals surface area contributed by atoms with Crippen LogP contribution in [-0.4, -0.2) is 43.0 Å². The highest BCUT2D eigenvalue weighted by Gasteiger charge is 2.29. The van der Waals surface area contributed by atoms with Crippen LogP contribution in [-0.2, 0) is 14.3 Å². The number of carbonyl (C=O) groups is 2. The van der Waals surface area contributed by atoms with Gasteiger partial charge in [-0.1, -0.05) is 32.9 Å². The Morgan fingerprint density at radius 1 is 1.05 bits per heavy atom. The molecule has 0 unspecified atom stereocenters. The van der Waals surface area contributed by atoms with Gasteiger partial charge in [-0.25, -0.2) is 9.18 Å². The molecule has 1 aliphatic heterocycles. The summed E-state index contributed by atoms with van der Waals surface area (Å²) in [7, 11) is 1.35. The lowest BCUT2D eigenvalue weighted by molar-refractivity contribution is -0.123. The minimum atomic E-state index is -0.631. The van der Waals surface area contributed by atoms with Crippen molar-refractivity contribution in [2.45, 2.75) is 39.5 Å². The maximum Gasteiger partial charge on any atom is 0.337 e. The van der Waals surface area contributed by atoms with Gasteiger partial charge in [-0.15, -0.1) is 0 Å². The molecule has 2 N–H and O–H groups in total. The average molecular weight is 556 g/mol. The van der Waals surface area contributed by atoms with Crippen LogP contribution in [0.5, 0.6) is 0 Å². The quantitative estimate of drug-likeness (QED) is 0.196. The van der Waals surface area contributed by atoms with Gasteiger partial charge in [0.2, 0.25) is 5.91 Å². The van der Waals surface area contributed by atoms with E-state index in [1.807, 2.05) is 45.0 Å². The molecule has 8 heteroatoms. The van der Waals surface area contributed by atoms with E-state index in [1.54, 1.807) is 24.3 Å². The van der Waals surface area contributed by atoms with Crippen LogP contribution in [0, 0.1) is 16.6 Å². The Balaban J connectivity index is 1.85. The SMILES string of the molecule is COC(=O)c1ccc(-c2c(C3CCOCC3)n(-c3ccc(F)cc3)c3cc(C=N)c(NC(=O)C(C)(C)C)cc23)cc1. The Bertz CT molecular complexity index is 1610. The molecule has 0 aliphatic carbocycles. The van der Waals surface area contributed by atoms with E-state index in [9.17, 15) is 14.0 Å². The highest BCUT2D eigenvalue weighted by atomic mass is 19.1. The maximum absolute atomic E-state index is 14.0. The monoisotopic (exact) mass is 555 g/mol. The molecular weight excluding hydrogens is 521 g/mol. The fourth-order valence-corrected chi connectivity index (χ4v) is 5.33. The first-order valence-electron chi connectivity index (χ1n) is 13.7. The fourth-order valence-electron chi connectivity index (χ4n) is 5.33. The predicted molar refractivity (Wildman–Crippen MR) is 159 cm³/mol. The second kappa shape index (κ2) is 11.3. The molecular formula is C33H34FN3O4. The van der Waals surface area contributed by atoms with Crippen LogP contribution in [0.2, 0.25) is 0 Å². The first kappa shape index (κ1) is 28.2. The van der Waals surface area contributed by atoms with Crippen molar-refractivity contribution in [3.8, 4) is 16.8 Å². The summed E-state index contributed by atoms with van der Waals surface area (Å²) >= 11 is 0. The van der Waals surface area contributed by atoms with Crippen molar-refractivity contribution in [3.63, 3.8) is 0 Å². The van der Waals surface area contributed by atoms with Crippen molar-refractivity contribution >= 4 is 34.7 Å². The molecule has 1 saturated heterocycles. The first-order valence-corrected chi connectivity index (χ1v) is 13.7. The molecule has 7 nitrogen and oxygen atoms in total. The van der Waals surface area contributed by atoms with E-state index < -0.39 is 11.4 Å². The number of fused-ring (bicyclic) bond motifs is 1. The van der Waals surface area contributed by atoms with E-state index >= 15 is 0 Å². The summed E-state index contributed by atoms with van der Waals surface area (Å²) in [6.07, 6.45) is 2.84. The van der Waals surface area contributed by atoms with Gasteiger partial charge < -0.3 is 24.8 Å². The van der Waals surface area contributed by atoms with Crippen molar-refractivity contribution in [1.82, 2.24) is 4.57 Å². The summed E-state index contributed by atoms with van der Waals surface area (Å²) in [6, 6.07) is 17.5. The van der Waals surface area contributed by atoms with Crippen LogP contribution >= 0.6 is 0 Å². The molecule has 0 spiro atoms. The molecule has 5 rings (SSSR count). The van der Waals surface area contributed by atoms with Crippen LogP contribution < -0.4 is 5.32 Å². The molecule has 1 aliphatic rings. The molecule has 2 heterocycles. The number of carbonyl (C=O) groups excluding carboxylic acids is 2. The van der Waals surface area contributed by atoms with E-state index in [2.05, 4.69) is 9.88 Å². The third-order valence-corrected chi connectivity index (χ3v) is 7.55. The number of benzene rings is 3. The molecule has 0 atom stereocenters.